The third-order valence-electron chi connectivity index (χ3n) is 4.46. The number of hydrogen-bond acceptors (Lipinski definition) is 8. The fraction of sp³-hybridized carbons (Fsp3) is 0.222. The van der Waals surface area contributed by atoms with E-state index in [-0.39, 0.29) is 29.4 Å². The maximum Gasteiger partial charge on any atom is 0.277 e. The Labute approximate surface area is 175 Å². The standard InChI is InChI=1S/C18H16FN5O4S2/c1-28-14-3-2-11(19)8-16(14)30(26,27)24-7-4-12-15(10-24)29-18(22-12)23-17(25)13-9-20-5-6-21-13/h2-3,5-6,8-9H,4,7,10H2,1H3,(H,22,23,25). The zero-order valence-corrected chi connectivity index (χ0v) is 17.3. The highest BCUT2D eigenvalue weighted by atomic mass is 32.2. The molecule has 0 bridgehead atoms. The van der Waals surface area contributed by atoms with Gasteiger partial charge in [0.15, 0.2) is 5.13 Å². The number of sulfonamides is 1. The maximum atomic E-state index is 13.7. The van der Waals surface area contributed by atoms with Gasteiger partial charge in [-0.3, -0.25) is 15.1 Å². The number of ether oxygens (including phenoxy) is 1. The summed E-state index contributed by atoms with van der Waals surface area (Å²) in [6.45, 7) is 0.242. The van der Waals surface area contributed by atoms with Gasteiger partial charge in [-0.15, -0.1) is 11.3 Å². The second kappa shape index (κ2) is 8.05. The quantitative estimate of drug-likeness (QED) is 0.634. The SMILES string of the molecule is COc1ccc(F)cc1S(=O)(=O)N1CCc2nc(NC(=O)c3cnccn3)sc2C1. The summed E-state index contributed by atoms with van der Waals surface area (Å²) in [5.74, 6) is -1.05. The van der Waals surface area contributed by atoms with Gasteiger partial charge in [-0.05, 0) is 18.2 Å². The van der Waals surface area contributed by atoms with E-state index in [9.17, 15) is 17.6 Å². The predicted molar refractivity (Wildman–Crippen MR) is 106 cm³/mol. The zero-order chi connectivity index (χ0) is 21.3. The van der Waals surface area contributed by atoms with Crippen LogP contribution in [0.25, 0.3) is 0 Å². The van der Waals surface area contributed by atoms with Crippen molar-refractivity contribution in [2.75, 3.05) is 19.0 Å². The lowest BCUT2D eigenvalue weighted by Gasteiger charge is -2.26. The van der Waals surface area contributed by atoms with E-state index in [0.717, 1.165) is 12.1 Å². The Kier molecular flexibility index (Phi) is 5.45. The number of halogens is 1. The molecular formula is C18H16FN5O4S2. The summed E-state index contributed by atoms with van der Waals surface area (Å²) in [7, 11) is -2.66. The molecule has 1 N–H and O–H groups in total. The lowest BCUT2D eigenvalue weighted by molar-refractivity contribution is 0.102. The molecule has 0 aliphatic carbocycles. The van der Waals surface area contributed by atoms with Gasteiger partial charge in [0.2, 0.25) is 10.0 Å². The first-order chi connectivity index (χ1) is 14.4. The second-order valence-electron chi connectivity index (χ2n) is 6.32. The Bertz CT molecular complexity index is 1200. The number of nitrogens with zero attached hydrogens (tertiary/aromatic N) is 4. The number of aromatic nitrogens is 3. The third kappa shape index (κ3) is 3.88. The van der Waals surface area contributed by atoms with Gasteiger partial charge in [0.1, 0.15) is 22.2 Å². The maximum absolute atomic E-state index is 13.7. The van der Waals surface area contributed by atoms with E-state index in [1.54, 1.807) is 0 Å². The molecule has 3 heterocycles. The number of benzene rings is 1. The minimum absolute atomic E-state index is 0.0655. The largest absolute Gasteiger partial charge is 0.495 e. The van der Waals surface area contributed by atoms with Crippen LogP contribution in [-0.2, 0) is 23.0 Å². The van der Waals surface area contributed by atoms with Gasteiger partial charge in [0.05, 0.1) is 25.5 Å². The number of nitrogens with one attached hydrogen (secondary N) is 1. The normalized spacial score (nSPS) is 14.2. The van der Waals surface area contributed by atoms with Gasteiger partial charge in [-0.25, -0.2) is 22.8 Å². The van der Waals surface area contributed by atoms with Crippen LogP contribution in [0.15, 0.2) is 41.7 Å². The topological polar surface area (TPSA) is 114 Å². The third-order valence-corrected chi connectivity index (χ3v) is 7.32. The molecule has 0 spiro atoms. The van der Waals surface area contributed by atoms with E-state index in [1.165, 1.54) is 47.4 Å². The van der Waals surface area contributed by atoms with E-state index in [4.69, 9.17) is 4.74 Å². The number of carbonyl (C=O) groups excluding carboxylic acids is 1. The molecule has 0 atom stereocenters. The summed E-state index contributed by atoms with van der Waals surface area (Å²) < 4.78 is 46.2. The van der Waals surface area contributed by atoms with Gasteiger partial charge in [0, 0.05) is 30.2 Å². The molecule has 9 nitrogen and oxygen atoms in total. The average molecular weight is 449 g/mol. The van der Waals surface area contributed by atoms with Crippen LogP contribution in [-0.4, -0.2) is 47.2 Å². The molecule has 1 aliphatic heterocycles. The first-order valence-corrected chi connectivity index (χ1v) is 11.0. The lowest BCUT2D eigenvalue weighted by atomic mass is 10.2. The molecule has 0 fully saturated rings. The fourth-order valence-electron chi connectivity index (χ4n) is 3.00. The molecule has 0 radical (unpaired) electrons. The predicted octanol–water partition coefficient (Wildman–Crippen LogP) is 2.08. The van der Waals surface area contributed by atoms with Crippen molar-refractivity contribution in [1.82, 2.24) is 19.3 Å². The molecule has 0 saturated heterocycles. The van der Waals surface area contributed by atoms with Crippen LogP contribution < -0.4 is 10.1 Å². The Morgan fingerprint density at radius 1 is 1.33 bits per heavy atom. The van der Waals surface area contributed by atoms with Crippen molar-refractivity contribution in [3.05, 3.63) is 58.9 Å². The van der Waals surface area contributed by atoms with Crippen LogP contribution >= 0.6 is 11.3 Å². The van der Waals surface area contributed by atoms with Crippen molar-refractivity contribution in [3.63, 3.8) is 0 Å². The number of hydrogen-bond donors (Lipinski definition) is 1. The number of amides is 1. The van der Waals surface area contributed by atoms with Crippen molar-refractivity contribution < 1.29 is 22.3 Å². The smallest absolute Gasteiger partial charge is 0.277 e. The van der Waals surface area contributed by atoms with Crippen LogP contribution in [0.2, 0.25) is 0 Å². The summed E-state index contributed by atoms with van der Waals surface area (Å²) in [6.07, 6.45) is 4.57. The number of fused-ring (bicyclic) bond motifs is 1. The van der Waals surface area contributed by atoms with Crippen LogP contribution in [0.3, 0.4) is 0 Å². The van der Waals surface area contributed by atoms with Gasteiger partial charge < -0.3 is 4.74 Å². The highest BCUT2D eigenvalue weighted by Crippen LogP contribution is 2.34. The monoisotopic (exact) mass is 449 g/mol. The molecule has 3 aromatic rings. The lowest BCUT2D eigenvalue weighted by Crippen LogP contribution is -2.35. The number of methoxy groups -OCH3 is 1. The Morgan fingerprint density at radius 3 is 2.90 bits per heavy atom. The highest BCUT2D eigenvalue weighted by Gasteiger charge is 2.33. The molecule has 12 heteroatoms. The Balaban J connectivity index is 1.56. The van der Waals surface area contributed by atoms with Gasteiger partial charge in [-0.2, -0.15) is 4.31 Å². The van der Waals surface area contributed by atoms with E-state index in [0.29, 0.717) is 22.1 Å². The molecule has 1 aliphatic rings. The molecule has 2 aromatic heterocycles. The fourth-order valence-corrected chi connectivity index (χ4v) is 5.68. The minimum atomic E-state index is -3.99. The van der Waals surface area contributed by atoms with Crippen LogP contribution in [0.1, 0.15) is 21.1 Å². The minimum Gasteiger partial charge on any atom is -0.495 e. The molecule has 156 valence electrons. The molecule has 0 saturated carbocycles. The van der Waals surface area contributed by atoms with E-state index >= 15 is 0 Å². The second-order valence-corrected chi connectivity index (χ2v) is 9.31. The van der Waals surface area contributed by atoms with E-state index in [1.807, 2.05) is 0 Å². The summed E-state index contributed by atoms with van der Waals surface area (Å²) in [5.41, 5.74) is 0.861. The first-order valence-electron chi connectivity index (χ1n) is 8.78. The van der Waals surface area contributed by atoms with Gasteiger partial charge >= 0.3 is 0 Å². The van der Waals surface area contributed by atoms with Crippen LogP contribution in [0.4, 0.5) is 9.52 Å². The molecule has 0 unspecified atom stereocenters. The molecule has 1 amide bonds. The number of anilines is 1. The summed E-state index contributed by atoms with van der Waals surface area (Å²) in [5, 5.41) is 3.00. The van der Waals surface area contributed by atoms with Crippen molar-refractivity contribution in [1.29, 1.82) is 0 Å². The first kappa shape index (κ1) is 20.3. The van der Waals surface area contributed by atoms with Crippen molar-refractivity contribution in [2.24, 2.45) is 0 Å². The van der Waals surface area contributed by atoms with Crippen LogP contribution in [0, 0.1) is 5.82 Å². The molecular weight excluding hydrogens is 433 g/mol. The summed E-state index contributed by atoms with van der Waals surface area (Å²) in [4.78, 5) is 24.9. The molecule has 1 aromatic carbocycles. The van der Waals surface area contributed by atoms with Crippen molar-refractivity contribution >= 4 is 32.4 Å². The number of rotatable bonds is 5. The Morgan fingerprint density at radius 2 is 2.17 bits per heavy atom. The van der Waals surface area contributed by atoms with Crippen LogP contribution in [0.5, 0.6) is 5.75 Å². The van der Waals surface area contributed by atoms with E-state index in [2.05, 4.69) is 20.3 Å². The van der Waals surface area contributed by atoms with E-state index < -0.39 is 21.7 Å². The van der Waals surface area contributed by atoms with Crippen molar-refractivity contribution in [3.8, 4) is 5.75 Å². The average Bonchev–Trinajstić information content (AvgIpc) is 3.15. The summed E-state index contributed by atoms with van der Waals surface area (Å²) in [6, 6.07) is 3.37. The Hall–Kier alpha value is -2.96. The molecule has 4 rings (SSSR count). The van der Waals surface area contributed by atoms with Crippen molar-refractivity contribution in [2.45, 2.75) is 17.9 Å². The van der Waals surface area contributed by atoms with Gasteiger partial charge in [0.25, 0.3) is 5.91 Å². The molecule has 30 heavy (non-hydrogen) atoms. The van der Waals surface area contributed by atoms with Gasteiger partial charge in [-0.1, -0.05) is 0 Å². The number of carbonyl (C=O) groups is 1. The highest BCUT2D eigenvalue weighted by molar-refractivity contribution is 7.89. The number of thiazole rings is 1. The summed E-state index contributed by atoms with van der Waals surface area (Å²) >= 11 is 1.18. The zero-order valence-electron chi connectivity index (χ0n) is 15.7.